The molecule has 1 N–H and O–H groups in total. The number of rotatable bonds is 4. The van der Waals surface area contributed by atoms with Gasteiger partial charge in [-0.15, -0.1) is 0 Å². The molecule has 1 aliphatic rings. The van der Waals surface area contributed by atoms with Crippen molar-refractivity contribution in [3.8, 4) is 5.69 Å². The van der Waals surface area contributed by atoms with Crippen LogP contribution in [0.15, 0.2) is 48.7 Å². The molecule has 0 atom stereocenters. The van der Waals surface area contributed by atoms with Crippen molar-refractivity contribution in [1.29, 1.82) is 0 Å². The Hall–Kier alpha value is -3.68. The van der Waals surface area contributed by atoms with Crippen LogP contribution in [0.25, 0.3) is 5.69 Å². The van der Waals surface area contributed by atoms with E-state index in [9.17, 15) is 14.0 Å². The summed E-state index contributed by atoms with van der Waals surface area (Å²) >= 11 is 0. The van der Waals surface area contributed by atoms with Gasteiger partial charge in [-0.05, 0) is 83.4 Å². The van der Waals surface area contributed by atoms with E-state index in [1.165, 1.54) is 12.1 Å². The first-order valence-electron chi connectivity index (χ1n) is 12.2. The first-order valence-corrected chi connectivity index (χ1v) is 12.2. The summed E-state index contributed by atoms with van der Waals surface area (Å²) in [6, 6.07) is 12.2. The predicted molar refractivity (Wildman–Crippen MR) is 137 cm³/mol. The van der Waals surface area contributed by atoms with Crippen LogP contribution in [0, 0.1) is 19.7 Å². The van der Waals surface area contributed by atoms with Crippen molar-refractivity contribution >= 4 is 17.7 Å². The minimum Gasteiger partial charge on any atom is -0.444 e. The molecule has 1 aliphatic heterocycles. The minimum absolute atomic E-state index is 0.0163. The average molecular weight is 493 g/mol. The Kier molecular flexibility index (Phi) is 7.15. The molecular formula is C28H33FN4O3. The van der Waals surface area contributed by atoms with Crippen molar-refractivity contribution in [2.75, 3.05) is 18.4 Å². The number of aromatic nitrogens is 2. The topological polar surface area (TPSA) is 76.5 Å². The summed E-state index contributed by atoms with van der Waals surface area (Å²) < 4.78 is 20.9. The zero-order chi connectivity index (χ0) is 26.0. The fraction of sp³-hybridized carbons (Fsp3) is 0.393. The third kappa shape index (κ3) is 5.75. The number of amides is 2. The molecule has 7 nitrogen and oxygen atoms in total. The third-order valence-corrected chi connectivity index (χ3v) is 6.30. The summed E-state index contributed by atoms with van der Waals surface area (Å²) in [5.74, 6) is -0.634. The van der Waals surface area contributed by atoms with Gasteiger partial charge in [0, 0.05) is 24.7 Å². The number of nitrogens with one attached hydrogen (secondary N) is 1. The number of likely N-dealkylation sites (tertiary alicyclic amines) is 1. The van der Waals surface area contributed by atoms with Gasteiger partial charge in [-0.25, -0.2) is 13.9 Å². The number of carbonyl (C=O) groups excluding carboxylic acids is 2. The number of benzene rings is 2. The van der Waals surface area contributed by atoms with Gasteiger partial charge >= 0.3 is 6.09 Å². The van der Waals surface area contributed by atoms with Gasteiger partial charge in [-0.1, -0.05) is 17.7 Å². The summed E-state index contributed by atoms with van der Waals surface area (Å²) in [5.41, 5.74) is 3.90. The van der Waals surface area contributed by atoms with Gasteiger partial charge in [0.2, 0.25) is 0 Å². The van der Waals surface area contributed by atoms with Crippen LogP contribution in [0.2, 0.25) is 0 Å². The molecule has 0 spiro atoms. The Labute approximate surface area is 211 Å². The van der Waals surface area contributed by atoms with E-state index >= 15 is 0 Å². The molecule has 1 fully saturated rings. The number of carbonyl (C=O) groups is 2. The van der Waals surface area contributed by atoms with E-state index in [4.69, 9.17) is 4.74 Å². The van der Waals surface area contributed by atoms with Crippen LogP contribution in [0.1, 0.15) is 66.7 Å². The van der Waals surface area contributed by atoms with Crippen LogP contribution in [0.4, 0.5) is 14.9 Å². The van der Waals surface area contributed by atoms with E-state index in [1.807, 2.05) is 56.6 Å². The molecule has 0 aliphatic carbocycles. The van der Waals surface area contributed by atoms with Gasteiger partial charge in [0.25, 0.3) is 5.91 Å². The number of hydrogen-bond donors (Lipinski definition) is 1. The van der Waals surface area contributed by atoms with Crippen LogP contribution in [-0.2, 0) is 4.74 Å². The summed E-state index contributed by atoms with van der Waals surface area (Å²) in [5, 5.41) is 7.50. The zero-order valence-corrected chi connectivity index (χ0v) is 21.5. The quantitative estimate of drug-likeness (QED) is 0.485. The number of aryl methyl sites for hydroxylation is 2. The minimum atomic E-state index is -0.554. The van der Waals surface area contributed by atoms with Crippen molar-refractivity contribution in [3.05, 3.63) is 76.9 Å². The highest BCUT2D eigenvalue weighted by Crippen LogP contribution is 2.33. The standard InChI is InChI=1S/C28H33FN4O3/c1-18-6-9-22(10-7-18)33-25(20-12-14-32(15-13-20)27(35)36-28(3,4)5)23(17-30-33)26(34)31-24-11-8-21(29)16-19(24)2/h6-11,16-17,20H,12-15H2,1-5H3,(H,31,34). The first kappa shape index (κ1) is 25.4. The number of piperidine rings is 1. The lowest BCUT2D eigenvalue weighted by Gasteiger charge is -2.34. The second kappa shape index (κ2) is 10.1. The molecule has 1 saturated heterocycles. The van der Waals surface area contributed by atoms with Crippen LogP contribution >= 0.6 is 0 Å². The Balaban J connectivity index is 1.62. The van der Waals surface area contributed by atoms with Gasteiger partial charge in [0.15, 0.2) is 0 Å². The first-order chi connectivity index (χ1) is 17.0. The summed E-state index contributed by atoms with van der Waals surface area (Å²) in [4.78, 5) is 27.7. The molecule has 4 rings (SSSR count). The van der Waals surface area contributed by atoms with E-state index in [1.54, 1.807) is 24.1 Å². The smallest absolute Gasteiger partial charge is 0.410 e. The lowest BCUT2D eigenvalue weighted by molar-refractivity contribution is 0.0203. The van der Waals surface area contributed by atoms with Gasteiger partial charge in [-0.2, -0.15) is 5.10 Å². The maximum Gasteiger partial charge on any atom is 0.410 e. The molecule has 0 bridgehead atoms. The van der Waals surface area contributed by atoms with Crippen molar-refractivity contribution in [2.24, 2.45) is 0 Å². The number of ether oxygens (including phenoxy) is 1. The zero-order valence-electron chi connectivity index (χ0n) is 21.5. The largest absolute Gasteiger partial charge is 0.444 e. The summed E-state index contributed by atoms with van der Waals surface area (Å²) in [6.45, 7) is 10.4. The number of anilines is 1. The molecule has 1 aromatic heterocycles. The second-order valence-electron chi connectivity index (χ2n) is 10.3. The molecule has 3 aromatic rings. The fourth-order valence-electron chi connectivity index (χ4n) is 4.44. The number of halogens is 1. The Morgan fingerprint density at radius 3 is 2.33 bits per heavy atom. The maximum absolute atomic E-state index is 13.6. The molecule has 2 aromatic carbocycles. The Morgan fingerprint density at radius 1 is 1.06 bits per heavy atom. The van der Waals surface area contributed by atoms with Crippen LogP contribution in [-0.4, -0.2) is 45.4 Å². The Morgan fingerprint density at radius 2 is 1.72 bits per heavy atom. The van der Waals surface area contributed by atoms with E-state index < -0.39 is 5.60 Å². The van der Waals surface area contributed by atoms with E-state index in [2.05, 4.69) is 10.4 Å². The number of hydrogen-bond acceptors (Lipinski definition) is 4. The Bertz CT molecular complexity index is 1250. The van der Waals surface area contributed by atoms with Crippen molar-refractivity contribution < 1.29 is 18.7 Å². The highest BCUT2D eigenvalue weighted by Gasteiger charge is 2.32. The molecular weight excluding hydrogens is 459 g/mol. The average Bonchev–Trinajstić information content (AvgIpc) is 3.25. The molecule has 0 unspecified atom stereocenters. The van der Waals surface area contributed by atoms with Gasteiger partial charge in [0.05, 0.1) is 23.1 Å². The second-order valence-corrected chi connectivity index (χ2v) is 10.3. The molecule has 36 heavy (non-hydrogen) atoms. The van der Waals surface area contributed by atoms with E-state index in [-0.39, 0.29) is 23.7 Å². The van der Waals surface area contributed by atoms with Crippen molar-refractivity contribution in [3.63, 3.8) is 0 Å². The highest BCUT2D eigenvalue weighted by molar-refractivity contribution is 6.05. The van der Waals surface area contributed by atoms with E-state index in [0.717, 1.165) is 16.9 Å². The SMILES string of the molecule is Cc1ccc(-n2ncc(C(=O)Nc3ccc(F)cc3C)c2C2CCN(C(=O)OC(C)(C)C)CC2)cc1. The van der Waals surface area contributed by atoms with E-state index in [0.29, 0.717) is 42.7 Å². The van der Waals surface area contributed by atoms with Gasteiger partial charge in [0.1, 0.15) is 11.4 Å². The number of nitrogens with zero attached hydrogens (tertiary/aromatic N) is 3. The molecule has 190 valence electrons. The highest BCUT2D eigenvalue weighted by atomic mass is 19.1. The molecule has 0 saturated carbocycles. The van der Waals surface area contributed by atoms with Gasteiger partial charge < -0.3 is 15.0 Å². The summed E-state index contributed by atoms with van der Waals surface area (Å²) in [6.07, 6.45) is 2.61. The summed E-state index contributed by atoms with van der Waals surface area (Å²) in [7, 11) is 0. The predicted octanol–water partition coefficient (Wildman–Crippen LogP) is 6.00. The third-order valence-electron chi connectivity index (χ3n) is 6.30. The van der Waals surface area contributed by atoms with Crippen molar-refractivity contribution in [1.82, 2.24) is 14.7 Å². The molecule has 2 amide bonds. The molecule has 0 radical (unpaired) electrons. The lowest BCUT2D eigenvalue weighted by Crippen LogP contribution is -2.41. The van der Waals surface area contributed by atoms with Crippen LogP contribution < -0.4 is 5.32 Å². The van der Waals surface area contributed by atoms with Crippen molar-refractivity contribution in [2.45, 2.75) is 59.0 Å². The molecule has 8 heteroatoms. The lowest BCUT2D eigenvalue weighted by atomic mass is 9.90. The van der Waals surface area contributed by atoms with Gasteiger partial charge in [-0.3, -0.25) is 4.79 Å². The molecule has 2 heterocycles. The fourth-order valence-corrected chi connectivity index (χ4v) is 4.44. The van der Waals surface area contributed by atoms with Crippen LogP contribution in [0.3, 0.4) is 0 Å². The van der Waals surface area contributed by atoms with Crippen LogP contribution in [0.5, 0.6) is 0 Å². The monoisotopic (exact) mass is 492 g/mol. The normalized spacial score (nSPS) is 14.6. The maximum atomic E-state index is 13.6.